The van der Waals surface area contributed by atoms with Crippen LogP contribution in [0.3, 0.4) is 0 Å². The van der Waals surface area contributed by atoms with Gasteiger partial charge in [-0.25, -0.2) is 9.38 Å². The number of carbonyl (C=O) groups excluding carboxylic acids is 1. The average molecular weight is 536 g/mol. The van der Waals surface area contributed by atoms with Crippen molar-refractivity contribution in [3.05, 3.63) is 87.0 Å². The zero-order chi connectivity index (χ0) is 27.2. The van der Waals surface area contributed by atoms with Crippen LogP contribution < -0.4 is 21.7 Å². The Bertz CT molecular complexity index is 1390. The summed E-state index contributed by atoms with van der Waals surface area (Å²) >= 11 is 6.54. The van der Waals surface area contributed by atoms with E-state index in [4.69, 9.17) is 27.3 Å². The number of nitrogens with zero attached hydrogens (tertiary/aromatic N) is 3. The molecule has 1 amide bonds. The van der Waals surface area contributed by atoms with Gasteiger partial charge in [0.05, 0.1) is 5.57 Å². The second-order valence-electron chi connectivity index (χ2n) is 8.86. The number of carbonyl (C=O) groups is 1. The normalized spacial score (nSPS) is 18.3. The Balaban J connectivity index is 1.64. The number of amidine groups is 1. The number of halogens is 2. The molecule has 0 radical (unpaired) electrons. The Kier molecular flexibility index (Phi) is 8.58. The van der Waals surface area contributed by atoms with Gasteiger partial charge in [-0.15, -0.1) is 0 Å². The van der Waals surface area contributed by atoms with E-state index in [1.165, 1.54) is 12.3 Å². The van der Waals surface area contributed by atoms with Crippen LogP contribution in [0.5, 0.6) is 0 Å². The number of hydrogen-bond donors (Lipinski definition) is 4. The summed E-state index contributed by atoms with van der Waals surface area (Å²) in [7, 11) is 0. The van der Waals surface area contributed by atoms with Gasteiger partial charge in [-0.2, -0.15) is 4.99 Å². The second-order valence-corrected chi connectivity index (χ2v) is 9.27. The van der Waals surface area contributed by atoms with Crippen molar-refractivity contribution < 1.29 is 9.18 Å². The minimum Gasteiger partial charge on any atom is -0.404 e. The van der Waals surface area contributed by atoms with Crippen molar-refractivity contribution >= 4 is 41.2 Å². The summed E-state index contributed by atoms with van der Waals surface area (Å²) in [4.78, 5) is 27.0. The topological polar surface area (TPSA) is 116 Å². The lowest BCUT2D eigenvalue weighted by molar-refractivity contribution is -0.117. The predicted molar refractivity (Wildman–Crippen MR) is 152 cm³/mol. The van der Waals surface area contributed by atoms with Crippen molar-refractivity contribution in [3.8, 4) is 0 Å². The van der Waals surface area contributed by atoms with Gasteiger partial charge < -0.3 is 21.7 Å². The van der Waals surface area contributed by atoms with Gasteiger partial charge in [0.25, 0.3) is 5.91 Å². The molecule has 0 saturated carbocycles. The highest BCUT2D eigenvalue weighted by atomic mass is 35.5. The predicted octanol–water partition coefficient (Wildman–Crippen LogP) is 4.43. The minimum absolute atomic E-state index is 0.211. The van der Waals surface area contributed by atoms with Crippen LogP contribution in [0.4, 0.5) is 10.1 Å². The van der Waals surface area contributed by atoms with Gasteiger partial charge in [-0.1, -0.05) is 36.7 Å². The van der Waals surface area contributed by atoms with Crippen LogP contribution >= 0.6 is 11.6 Å². The van der Waals surface area contributed by atoms with E-state index in [-0.39, 0.29) is 18.3 Å². The fourth-order valence-corrected chi connectivity index (χ4v) is 4.73. The molecule has 4 rings (SSSR count). The highest BCUT2D eigenvalue weighted by Crippen LogP contribution is 2.35. The van der Waals surface area contributed by atoms with Gasteiger partial charge >= 0.3 is 0 Å². The highest BCUT2D eigenvalue weighted by Gasteiger charge is 2.31. The Hall–Kier alpha value is -3.98. The number of rotatable bonds is 7. The van der Waals surface area contributed by atoms with Crippen LogP contribution in [0.25, 0.3) is 0 Å². The fourth-order valence-electron chi connectivity index (χ4n) is 4.49. The molecule has 10 heteroatoms. The quantitative estimate of drug-likeness (QED) is 0.392. The molecule has 2 aromatic carbocycles. The van der Waals surface area contributed by atoms with Crippen molar-refractivity contribution in [1.82, 2.24) is 10.6 Å². The lowest BCUT2D eigenvalue weighted by Crippen LogP contribution is -2.37. The SMILES string of the molecule is CCN=CC(=CN)CNC(=O)C1=C(C)NC(N=C2Cc3c(ccc(F)c3CC)N2)=NC1c1ccccc1Cl. The van der Waals surface area contributed by atoms with Gasteiger partial charge in [0.1, 0.15) is 17.7 Å². The third kappa shape index (κ3) is 5.78. The lowest BCUT2D eigenvalue weighted by atomic mass is 9.95. The Morgan fingerprint density at radius 3 is 2.76 bits per heavy atom. The summed E-state index contributed by atoms with van der Waals surface area (Å²) < 4.78 is 14.3. The first-order valence-electron chi connectivity index (χ1n) is 12.5. The number of nitrogens with one attached hydrogen (secondary N) is 3. The number of allylic oxidation sites excluding steroid dienone is 1. The standard InChI is InChI=1S/C28H31ClFN7O/c1-4-18-20-12-24(35-23(20)11-10-22(18)30)36-28-34-16(3)25(26(37-28)19-8-6-7-9-21(19)29)27(38)33-15-17(13-31)14-32-5-2/h6-11,13-14,26H,4-5,12,15,31H2,1-3H3,(H,33,38)(H2,34,35,36,37). The fraction of sp³-hybridized carbons (Fsp3) is 0.286. The number of fused-ring (bicyclic) bond motifs is 1. The Morgan fingerprint density at radius 2 is 2.05 bits per heavy atom. The van der Waals surface area contributed by atoms with Crippen LogP contribution in [-0.2, 0) is 17.6 Å². The molecule has 0 fully saturated rings. The van der Waals surface area contributed by atoms with E-state index in [0.717, 1.165) is 11.3 Å². The van der Waals surface area contributed by atoms with E-state index < -0.39 is 6.04 Å². The van der Waals surface area contributed by atoms with E-state index in [0.29, 0.717) is 64.2 Å². The van der Waals surface area contributed by atoms with E-state index in [1.807, 2.05) is 32.0 Å². The molecule has 2 aliphatic rings. The number of anilines is 1. The van der Waals surface area contributed by atoms with Crippen LogP contribution in [-0.4, -0.2) is 37.0 Å². The summed E-state index contributed by atoms with van der Waals surface area (Å²) in [5.74, 6) is 0.437. The maximum Gasteiger partial charge on any atom is 0.251 e. The van der Waals surface area contributed by atoms with E-state index >= 15 is 0 Å². The van der Waals surface area contributed by atoms with Crippen LogP contribution in [0.2, 0.25) is 5.02 Å². The number of benzene rings is 2. The first-order chi connectivity index (χ1) is 18.4. The molecule has 38 heavy (non-hydrogen) atoms. The number of hydrogen-bond acceptors (Lipinski definition) is 6. The van der Waals surface area contributed by atoms with Gasteiger partial charge in [0.2, 0.25) is 5.96 Å². The highest BCUT2D eigenvalue weighted by molar-refractivity contribution is 6.31. The molecule has 2 aliphatic heterocycles. The smallest absolute Gasteiger partial charge is 0.251 e. The first-order valence-corrected chi connectivity index (χ1v) is 12.9. The number of guanidine groups is 1. The minimum atomic E-state index is -0.689. The number of aliphatic imine (C=N–C) groups is 3. The van der Waals surface area contributed by atoms with E-state index in [9.17, 15) is 9.18 Å². The molecular formula is C28H31ClFN7O. The molecule has 2 heterocycles. The molecule has 1 unspecified atom stereocenters. The lowest BCUT2D eigenvalue weighted by Gasteiger charge is -2.26. The molecular weight excluding hydrogens is 505 g/mol. The van der Waals surface area contributed by atoms with Crippen LogP contribution in [0.1, 0.15) is 43.5 Å². The van der Waals surface area contributed by atoms with E-state index in [2.05, 4.69) is 20.9 Å². The van der Waals surface area contributed by atoms with E-state index in [1.54, 1.807) is 25.3 Å². The molecule has 0 bridgehead atoms. The summed E-state index contributed by atoms with van der Waals surface area (Å²) in [6, 6.07) is 9.77. The van der Waals surface area contributed by atoms with Crippen molar-refractivity contribution in [1.29, 1.82) is 0 Å². The number of amides is 1. The van der Waals surface area contributed by atoms with Gasteiger partial charge in [-0.3, -0.25) is 9.79 Å². The van der Waals surface area contributed by atoms with Crippen molar-refractivity contribution in [2.45, 2.75) is 39.7 Å². The maximum absolute atomic E-state index is 14.3. The van der Waals surface area contributed by atoms with Crippen molar-refractivity contribution in [2.75, 3.05) is 18.4 Å². The van der Waals surface area contributed by atoms with Crippen molar-refractivity contribution in [2.24, 2.45) is 20.7 Å². The first kappa shape index (κ1) is 27.1. The number of nitrogens with two attached hydrogens (primary N) is 1. The summed E-state index contributed by atoms with van der Waals surface area (Å²) in [6.45, 7) is 6.47. The maximum atomic E-state index is 14.3. The Morgan fingerprint density at radius 1 is 1.26 bits per heavy atom. The molecule has 5 N–H and O–H groups in total. The second kappa shape index (κ2) is 12.0. The summed E-state index contributed by atoms with van der Waals surface area (Å²) in [6.07, 6.45) is 4.10. The molecule has 198 valence electrons. The van der Waals surface area contributed by atoms with Crippen LogP contribution in [0, 0.1) is 5.82 Å². The largest absolute Gasteiger partial charge is 0.404 e. The third-order valence-corrected chi connectivity index (χ3v) is 6.72. The zero-order valence-corrected chi connectivity index (χ0v) is 22.4. The van der Waals surface area contributed by atoms with Crippen LogP contribution in [0.15, 0.2) is 74.4 Å². The van der Waals surface area contributed by atoms with Crippen molar-refractivity contribution in [3.63, 3.8) is 0 Å². The molecule has 0 aliphatic carbocycles. The van der Waals surface area contributed by atoms with Gasteiger partial charge in [0, 0.05) is 59.5 Å². The molecule has 0 aromatic heterocycles. The monoisotopic (exact) mass is 535 g/mol. The molecule has 8 nitrogen and oxygen atoms in total. The third-order valence-electron chi connectivity index (χ3n) is 6.37. The molecule has 0 saturated heterocycles. The molecule has 2 aromatic rings. The zero-order valence-electron chi connectivity index (χ0n) is 21.6. The molecule has 1 atom stereocenters. The molecule has 0 spiro atoms. The van der Waals surface area contributed by atoms with Gasteiger partial charge in [-0.05, 0) is 49.6 Å². The Labute approximate surface area is 226 Å². The van der Waals surface area contributed by atoms with Gasteiger partial charge in [0.15, 0.2) is 0 Å². The summed E-state index contributed by atoms with van der Waals surface area (Å²) in [5.41, 5.74) is 10.5. The summed E-state index contributed by atoms with van der Waals surface area (Å²) in [5, 5.41) is 9.81. The average Bonchev–Trinajstić information content (AvgIpc) is 3.31.